The van der Waals surface area contributed by atoms with E-state index >= 15 is 0 Å². The third-order valence-electron chi connectivity index (χ3n) is 4.97. The minimum atomic E-state index is -0.181. The zero-order valence-electron chi connectivity index (χ0n) is 18.4. The second-order valence-corrected chi connectivity index (χ2v) is 7.33. The molecule has 162 valence electrons. The average molecular weight is 413 g/mol. The van der Waals surface area contributed by atoms with Crippen molar-refractivity contribution >= 4 is 11.7 Å². The van der Waals surface area contributed by atoms with Crippen molar-refractivity contribution in [2.75, 3.05) is 13.7 Å². The Kier molecular flexibility index (Phi) is 9.32. The van der Waals surface area contributed by atoms with Crippen LogP contribution in [0.15, 0.2) is 30.5 Å². The quantitative estimate of drug-likeness (QED) is 0.409. The largest absolute Gasteiger partial charge is 0.496 e. The standard InChI is InChI=1S/C24H32N2O4/c1-5-6-7-14-30-20-10-8-19(9-11-20)22(27)12-13-23(28)26-16-21-18(3)24(29-4)17(2)15-25-21/h8-11,15H,5-7,12-14,16H2,1-4H3,(H,26,28). The van der Waals surface area contributed by atoms with E-state index in [0.717, 1.165) is 47.6 Å². The number of hydrogen-bond donors (Lipinski definition) is 1. The zero-order valence-corrected chi connectivity index (χ0v) is 18.4. The predicted octanol–water partition coefficient (Wildman–Crippen LogP) is 4.56. The first kappa shape index (κ1) is 23.4. The van der Waals surface area contributed by atoms with Crippen LogP contribution in [0, 0.1) is 13.8 Å². The van der Waals surface area contributed by atoms with E-state index < -0.39 is 0 Å². The molecule has 1 aromatic carbocycles. The summed E-state index contributed by atoms with van der Waals surface area (Å²) in [5.74, 6) is 1.30. The Labute approximate surface area is 179 Å². The van der Waals surface area contributed by atoms with Gasteiger partial charge in [0.05, 0.1) is 26.0 Å². The molecule has 0 saturated heterocycles. The highest BCUT2D eigenvalue weighted by Crippen LogP contribution is 2.23. The van der Waals surface area contributed by atoms with Crippen LogP contribution in [0.2, 0.25) is 0 Å². The van der Waals surface area contributed by atoms with Crippen LogP contribution in [-0.2, 0) is 11.3 Å². The molecule has 30 heavy (non-hydrogen) atoms. The monoisotopic (exact) mass is 412 g/mol. The second kappa shape index (κ2) is 12.0. The molecule has 0 atom stereocenters. The number of benzene rings is 1. The maximum Gasteiger partial charge on any atom is 0.220 e. The predicted molar refractivity (Wildman–Crippen MR) is 117 cm³/mol. The van der Waals surface area contributed by atoms with Gasteiger partial charge in [-0.1, -0.05) is 19.8 Å². The third-order valence-corrected chi connectivity index (χ3v) is 4.97. The molecule has 0 aliphatic rings. The van der Waals surface area contributed by atoms with Gasteiger partial charge in [-0.2, -0.15) is 0 Å². The van der Waals surface area contributed by atoms with Gasteiger partial charge < -0.3 is 14.8 Å². The lowest BCUT2D eigenvalue weighted by Crippen LogP contribution is -2.24. The van der Waals surface area contributed by atoms with Crippen molar-refractivity contribution in [2.45, 2.75) is 59.4 Å². The van der Waals surface area contributed by atoms with Gasteiger partial charge in [-0.15, -0.1) is 0 Å². The molecule has 1 heterocycles. The Hall–Kier alpha value is -2.89. The Bertz CT molecular complexity index is 847. The second-order valence-electron chi connectivity index (χ2n) is 7.33. The van der Waals surface area contributed by atoms with E-state index in [1.165, 1.54) is 0 Å². The highest BCUT2D eigenvalue weighted by Gasteiger charge is 2.12. The fourth-order valence-electron chi connectivity index (χ4n) is 3.17. The van der Waals surface area contributed by atoms with E-state index in [-0.39, 0.29) is 24.5 Å². The van der Waals surface area contributed by atoms with Gasteiger partial charge in [-0.05, 0) is 44.5 Å². The van der Waals surface area contributed by atoms with E-state index in [1.54, 1.807) is 37.6 Å². The number of ether oxygens (including phenoxy) is 2. The first-order chi connectivity index (χ1) is 14.5. The number of amides is 1. The van der Waals surface area contributed by atoms with E-state index in [1.807, 2.05) is 13.8 Å². The zero-order chi connectivity index (χ0) is 21.9. The molecule has 1 N–H and O–H groups in total. The lowest BCUT2D eigenvalue weighted by atomic mass is 10.1. The maximum absolute atomic E-state index is 12.4. The smallest absolute Gasteiger partial charge is 0.220 e. The molecule has 2 rings (SSSR count). The van der Waals surface area contributed by atoms with E-state index in [0.29, 0.717) is 18.7 Å². The summed E-state index contributed by atoms with van der Waals surface area (Å²) in [5.41, 5.74) is 3.20. The molecule has 1 aromatic heterocycles. The molecule has 0 aliphatic heterocycles. The maximum atomic E-state index is 12.4. The SMILES string of the molecule is CCCCCOc1ccc(C(=O)CCC(=O)NCc2ncc(C)c(OC)c2C)cc1. The van der Waals surface area contributed by atoms with Crippen LogP contribution < -0.4 is 14.8 Å². The van der Waals surface area contributed by atoms with Crippen LogP contribution in [0.4, 0.5) is 0 Å². The number of aromatic nitrogens is 1. The fraction of sp³-hybridized carbons (Fsp3) is 0.458. The summed E-state index contributed by atoms with van der Waals surface area (Å²) in [7, 11) is 1.62. The summed E-state index contributed by atoms with van der Waals surface area (Å²) in [6.07, 6.45) is 5.35. The molecular weight excluding hydrogens is 380 g/mol. The molecule has 0 radical (unpaired) electrons. The molecule has 0 saturated carbocycles. The van der Waals surface area contributed by atoms with Gasteiger partial charge in [0.25, 0.3) is 0 Å². The van der Waals surface area contributed by atoms with Crippen molar-refractivity contribution in [3.63, 3.8) is 0 Å². The molecule has 0 spiro atoms. The minimum absolute atomic E-state index is 0.0611. The number of pyridine rings is 1. The molecular formula is C24H32N2O4. The van der Waals surface area contributed by atoms with Crippen LogP contribution in [0.25, 0.3) is 0 Å². The summed E-state index contributed by atoms with van der Waals surface area (Å²) in [5, 5.41) is 2.83. The first-order valence-corrected chi connectivity index (χ1v) is 10.5. The normalized spacial score (nSPS) is 10.5. The van der Waals surface area contributed by atoms with E-state index in [4.69, 9.17) is 9.47 Å². The number of Topliss-reactive ketones (excluding diaryl/α,β-unsaturated/α-hetero) is 1. The molecule has 0 unspecified atom stereocenters. The third kappa shape index (κ3) is 6.87. The number of aryl methyl sites for hydroxylation is 1. The van der Waals surface area contributed by atoms with Crippen LogP contribution in [0.1, 0.15) is 66.2 Å². The number of nitrogens with one attached hydrogen (secondary N) is 1. The Morgan fingerprint density at radius 2 is 1.80 bits per heavy atom. The minimum Gasteiger partial charge on any atom is -0.496 e. The number of ketones is 1. The molecule has 0 aliphatic carbocycles. The van der Waals surface area contributed by atoms with Gasteiger partial charge in [0.15, 0.2) is 5.78 Å². The number of nitrogens with zero attached hydrogens (tertiary/aromatic N) is 1. The Balaban J connectivity index is 1.78. The van der Waals surface area contributed by atoms with Crippen molar-refractivity contribution in [2.24, 2.45) is 0 Å². The van der Waals surface area contributed by atoms with Gasteiger partial charge in [0.1, 0.15) is 11.5 Å². The van der Waals surface area contributed by atoms with Crippen molar-refractivity contribution < 1.29 is 19.1 Å². The number of hydrogen-bond acceptors (Lipinski definition) is 5. The first-order valence-electron chi connectivity index (χ1n) is 10.5. The van der Waals surface area contributed by atoms with Crippen LogP contribution in [0.3, 0.4) is 0 Å². The molecule has 6 nitrogen and oxygen atoms in total. The molecule has 1 amide bonds. The molecule has 2 aromatic rings. The van der Waals surface area contributed by atoms with Crippen molar-refractivity contribution in [3.8, 4) is 11.5 Å². The number of carbonyl (C=O) groups excluding carboxylic acids is 2. The summed E-state index contributed by atoms with van der Waals surface area (Å²) >= 11 is 0. The molecule has 6 heteroatoms. The summed E-state index contributed by atoms with van der Waals surface area (Å²) in [6.45, 7) is 6.99. The summed E-state index contributed by atoms with van der Waals surface area (Å²) in [6, 6.07) is 7.11. The van der Waals surface area contributed by atoms with E-state index in [9.17, 15) is 9.59 Å². The summed E-state index contributed by atoms with van der Waals surface area (Å²) in [4.78, 5) is 28.9. The highest BCUT2D eigenvalue weighted by atomic mass is 16.5. The number of carbonyl (C=O) groups is 2. The van der Waals surface area contributed by atoms with Crippen molar-refractivity contribution in [3.05, 3.63) is 52.8 Å². The van der Waals surface area contributed by atoms with Crippen molar-refractivity contribution in [1.29, 1.82) is 0 Å². The van der Waals surface area contributed by atoms with Crippen LogP contribution >= 0.6 is 0 Å². The number of rotatable bonds is 12. The number of unbranched alkanes of at least 4 members (excludes halogenated alkanes) is 2. The topological polar surface area (TPSA) is 77.5 Å². The Morgan fingerprint density at radius 1 is 1.07 bits per heavy atom. The van der Waals surface area contributed by atoms with Gasteiger partial charge >= 0.3 is 0 Å². The van der Waals surface area contributed by atoms with Gasteiger partial charge in [-0.25, -0.2) is 0 Å². The summed E-state index contributed by atoms with van der Waals surface area (Å²) < 4.78 is 11.0. The van der Waals surface area contributed by atoms with Gasteiger partial charge in [0.2, 0.25) is 5.91 Å². The lowest BCUT2D eigenvalue weighted by molar-refractivity contribution is -0.121. The number of methoxy groups -OCH3 is 1. The van der Waals surface area contributed by atoms with Crippen molar-refractivity contribution in [1.82, 2.24) is 10.3 Å². The molecule has 0 fully saturated rings. The van der Waals surface area contributed by atoms with Crippen LogP contribution in [-0.4, -0.2) is 30.4 Å². The molecule has 0 bridgehead atoms. The van der Waals surface area contributed by atoms with Gasteiger partial charge in [-0.3, -0.25) is 14.6 Å². The highest BCUT2D eigenvalue weighted by molar-refractivity contribution is 5.98. The van der Waals surface area contributed by atoms with E-state index in [2.05, 4.69) is 17.2 Å². The van der Waals surface area contributed by atoms with Gasteiger partial charge in [0, 0.05) is 35.7 Å². The van der Waals surface area contributed by atoms with Crippen LogP contribution in [0.5, 0.6) is 11.5 Å². The average Bonchev–Trinajstić information content (AvgIpc) is 2.75. The lowest BCUT2D eigenvalue weighted by Gasteiger charge is -2.12. The Morgan fingerprint density at radius 3 is 2.47 bits per heavy atom. The fourth-order valence-corrected chi connectivity index (χ4v) is 3.17.